The lowest BCUT2D eigenvalue weighted by Crippen LogP contribution is -2.66. The SMILES string of the molecule is COc1ccc2c3c1O[C@@H]1C(=O)C(C)CC4[C@H](C2)N(C)CC[C@]341. The number of carbonyl (C=O) groups is 1. The van der Waals surface area contributed by atoms with Crippen LogP contribution in [0.1, 0.15) is 30.9 Å². The van der Waals surface area contributed by atoms with Crippen molar-refractivity contribution >= 4 is 5.78 Å². The monoisotopic (exact) mass is 313 g/mol. The minimum Gasteiger partial charge on any atom is -0.493 e. The first kappa shape index (κ1) is 13.8. The molecule has 0 amide bonds. The Morgan fingerprint density at radius 1 is 1.39 bits per heavy atom. The molecule has 0 aromatic heterocycles. The van der Waals surface area contributed by atoms with Gasteiger partial charge in [0.05, 0.1) is 7.11 Å². The minimum atomic E-state index is -0.308. The number of hydrogen-bond acceptors (Lipinski definition) is 4. The molecule has 4 heteroatoms. The van der Waals surface area contributed by atoms with E-state index in [2.05, 4.69) is 24.9 Å². The van der Waals surface area contributed by atoms with Gasteiger partial charge in [0.15, 0.2) is 23.4 Å². The van der Waals surface area contributed by atoms with Gasteiger partial charge in [-0.15, -0.1) is 0 Å². The summed E-state index contributed by atoms with van der Waals surface area (Å²) in [5.41, 5.74) is 2.55. The standard InChI is InChI=1S/C19H23NO3/c1-10-8-12-13-9-11-4-5-14(22-3)17-15(11)19(12,6-7-20(13)2)18(23-17)16(10)21/h4-5,10,12-13,18H,6-9H2,1-3H3/t10?,12?,13-,18+,19+/m0/s1. The Hall–Kier alpha value is -1.55. The van der Waals surface area contributed by atoms with Crippen LogP contribution in [0.15, 0.2) is 12.1 Å². The smallest absolute Gasteiger partial charge is 0.177 e. The molecule has 4 aliphatic rings. The Bertz CT molecular complexity index is 715. The van der Waals surface area contributed by atoms with E-state index in [1.54, 1.807) is 7.11 Å². The van der Waals surface area contributed by atoms with Crippen molar-refractivity contribution in [1.29, 1.82) is 0 Å². The quantitative estimate of drug-likeness (QED) is 0.796. The largest absolute Gasteiger partial charge is 0.493 e. The average molecular weight is 313 g/mol. The Morgan fingerprint density at radius 2 is 2.22 bits per heavy atom. The summed E-state index contributed by atoms with van der Waals surface area (Å²) in [6.07, 6.45) is 2.76. The van der Waals surface area contributed by atoms with Crippen LogP contribution >= 0.6 is 0 Å². The van der Waals surface area contributed by atoms with Crippen molar-refractivity contribution in [1.82, 2.24) is 4.90 Å². The van der Waals surface area contributed by atoms with E-state index >= 15 is 0 Å². The third-order valence-corrected chi connectivity index (χ3v) is 6.95. The zero-order valence-electron chi connectivity index (χ0n) is 14.0. The summed E-state index contributed by atoms with van der Waals surface area (Å²) in [5.74, 6) is 2.53. The molecule has 2 unspecified atom stereocenters. The van der Waals surface area contributed by atoms with Crippen molar-refractivity contribution in [3.63, 3.8) is 0 Å². The summed E-state index contributed by atoms with van der Waals surface area (Å²) in [7, 11) is 3.92. The van der Waals surface area contributed by atoms with E-state index in [-0.39, 0.29) is 23.2 Å². The number of ketones is 1. The number of benzene rings is 1. The van der Waals surface area contributed by atoms with Gasteiger partial charge in [-0.3, -0.25) is 4.79 Å². The summed E-state index contributed by atoms with van der Waals surface area (Å²) < 4.78 is 11.9. The van der Waals surface area contributed by atoms with Crippen molar-refractivity contribution in [2.24, 2.45) is 11.8 Å². The van der Waals surface area contributed by atoms with E-state index < -0.39 is 0 Å². The number of nitrogens with zero attached hydrogens (tertiary/aromatic N) is 1. The maximum Gasteiger partial charge on any atom is 0.177 e. The number of carbonyl (C=O) groups excluding carboxylic acids is 1. The van der Waals surface area contributed by atoms with E-state index in [0.717, 1.165) is 37.3 Å². The molecular formula is C19H23NO3. The number of rotatable bonds is 1. The summed E-state index contributed by atoms with van der Waals surface area (Å²) in [4.78, 5) is 15.5. The molecule has 1 aromatic rings. The lowest BCUT2D eigenvalue weighted by atomic mass is 9.50. The Balaban J connectivity index is 1.81. The highest BCUT2D eigenvalue weighted by Gasteiger charge is 2.66. The van der Waals surface area contributed by atoms with Gasteiger partial charge in [-0.1, -0.05) is 13.0 Å². The second-order valence-corrected chi connectivity index (χ2v) is 7.82. The zero-order chi connectivity index (χ0) is 15.9. The van der Waals surface area contributed by atoms with Gasteiger partial charge in [-0.05, 0) is 50.4 Å². The van der Waals surface area contributed by atoms with Crippen LogP contribution in [-0.2, 0) is 16.6 Å². The highest BCUT2D eigenvalue weighted by Crippen LogP contribution is 2.63. The fourth-order valence-electron chi connectivity index (χ4n) is 5.87. The first-order chi connectivity index (χ1) is 11.1. The van der Waals surface area contributed by atoms with Crippen molar-refractivity contribution in [2.75, 3.05) is 20.7 Å². The lowest BCUT2D eigenvalue weighted by molar-refractivity contribution is -0.144. The molecule has 2 heterocycles. The second-order valence-electron chi connectivity index (χ2n) is 7.82. The summed E-state index contributed by atoms with van der Waals surface area (Å²) in [5, 5.41) is 0. The molecule has 2 aliphatic carbocycles. The van der Waals surface area contributed by atoms with E-state index in [1.807, 2.05) is 6.07 Å². The lowest BCUT2D eigenvalue weighted by Gasteiger charge is -2.58. The van der Waals surface area contributed by atoms with Crippen molar-refractivity contribution < 1.29 is 14.3 Å². The number of hydrogen-bond donors (Lipinski definition) is 0. The normalized spacial score (nSPS) is 40.6. The minimum absolute atomic E-state index is 0.0917. The van der Waals surface area contributed by atoms with E-state index in [1.165, 1.54) is 11.1 Å². The predicted octanol–water partition coefficient (Wildman–Crippen LogP) is 2.18. The van der Waals surface area contributed by atoms with Crippen molar-refractivity contribution in [3.8, 4) is 11.5 Å². The van der Waals surface area contributed by atoms with Gasteiger partial charge in [0.25, 0.3) is 0 Å². The zero-order valence-corrected chi connectivity index (χ0v) is 14.0. The van der Waals surface area contributed by atoms with Gasteiger partial charge in [-0.25, -0.2) is 0 Å². The predicted molar refractivity (Wildman–Crippen MR) is 86.1 cm³/mol. The van der Waals surface area contributed by atoms with Gasteiger partial charge < -0.3 is 14.4 Å². The molecule has 1 aromatic carbocycles. The molecule has 5 rings (SSSR count). The van der Waals surface area contributed by atoms with Crippen LogP contribution in [0.25, 0.3) is 0 Å². The maximum absolute atomic E-state index is 13.0. The number of ether oxygens (including phenoxy) is 2. The van der Waals surface area contributed by atoms with Gasteiger partial charge >= 0.3 is 0 Å². The Kier molecular flexibility index (Phi) is 2.59. The molecule has 2 fully saturated rings. The molecular weight excluding hydrogens is 290 g/mol. The third kappa shape index (κ3) is 1.44. The van der Waals surface area contributed by atoms with Gasteiger partial charge in [0.2, 0.25) is 0 Å². The fraction of sp³-hybridized carbons (Fsp3) is 0.632. The number of piperidine rings is 1. The first-order valence-corrected chi connectivity index (χ1v) is 8.69. The van der Waals surface area contributed by atoms with Crippen LogP contribution in [0.5, 0.6) is 11.5 Å². The molecule has 122 valence electrons. The number of methoxy groups -OCH3 is 1. The van der Waals surface area contributed by atoms with E-state index in [9.17, 15) is 4.79 Å². The van der Waals surface area contributed by atoms with Gasteiger partial charge in [0, 0.05) is 22.9 Å². The molecule has 5 atom stereocenters. The summed E-state index contributed by atoms with van der Waals surface area (Å²) in [6, 6.07) is 4.72. The number of Topliss-reactive ketones (excluding diaryl/α,β-unsaturated/α-hetero) is 1. The highest BCUT2D eigenvalue weighted by molar-refractivity contribution is 5.90. The summed E-state index contributed by atoms with van der Waals surface area (Å²) in [6.45, 7) is 3.11. The Morgan fingerprint density at radius 3 is 3.00 bits per heavy atom. The Labute approximate surface area is 136 Å². The van der Waals surface area contributed by atoms with Crippen molar-refractivity contribution in [3.05, 3.63) is 23.3 Å². The topological polar surface area (TPSA) is 38.8 Å². The molecule has 2 aliphatic heterocycles. The molecule has 4 nitrogen and oxygen atoms in total. The van der Waals surface area contributed by atoms with Crippen LogP contribution in [0, 0.1) is 11.8 Å². The second kappa shape index (κ2) is 4.29. The molecule has 1 spiro atoms. The van der Waals surface area contributed by atoms with Crippen LogP contribution in [0.2, 0.25) is 0 Å². The number of likely N-dealkylation sites (tertiary alicyclic amines) is 1. The highest BCUT2D eigenvalue weighted by atomic mass is 16.5. The van der Waals surface area contributed by atoms with E-state index in [0.29, 0.717) is 12.0 Å². The molecule has 1 saturated heterocycles. The summed E-state index contributed by atoms with van der Waals surface area (Å²) >= 11 is 0. The van der Waals surface area contributed by atoms with Crippen LogP contribution < -0.4 is 9.47 Å². The van der Waals surface area contributed by atoms with Crippen LogP contribution in [0.4, 0.5) is 0 Å². The first-order valence-electron chi connectivity index (χ1n) is 8.69. The molecule has 2 bridgehead atoms. The maximum atomic E-state index is 13.0. The molecule has 23 heavy (non-hydrogen) atoms. The van der Waals surface area contributed by atoms with E-state index in [4.69, 9.17) is 9.47 Å². The van der Waals surface area contributed by atoms with Crippen LogP contribution in [0.3, 0.4) is 0 Å². The van der Waals surface area contributed by atoms with Crippen molar-refractivity contribution in [2.45, 2.75) is 43.7 Å². The fourth-order valence-corrected chi connectivity index (χ4v) is 5.87. The van der Waals surface area contributed by atoms with Gasteiger partial charge in [-0.2, -0.15) is 0 Å². The average Bonchev–Trinajstić information content (AvgIpc) is 2.89. The molecule has 1 saturated carbocycles. The third-order valence-electron chi connectivity index (χ3n) is 6.95. The number of likely N-dealkylation sites (N-methyl/N-ethyl adjacent to an activating group) is 1. The van der Waals surface area contributed by atoms with Gasteiger partial charge in [0.1, 0.15) is 0 Å². The molecule has 0 N–H and O–H groups in total. The van der Waals surface area contributed by atoms with Crippen LogP contribution in [-0.4, -0.2) is 43.5 Å². The molecule has 0 radical (unpaired) electrons.